The molecule has 0 aliphatic heterocycles. The van der Waals surface area contributed by atoms with Crippen molar-refractivity contribution in [2.75, 3.05) is 11.4 Å². The molecule has 0 aliphatic rings. The van der Waals surface area contributed by atoms with Crippen LogP contribution in [0.3, 0.4) is 0 Å². The van der Waals surface area contributed by atoms with E-state index in [1.165, 1.54) is 44.9 Å². The predicted octanol–water partition coefficient (Wildman–Crippen LogP) is 4.79. The molecule has 0 heterocycles. The first-order valence-corrected chi connectivity index (χ1v) is 7.65. The van der Waals surface area contributed by atoms with E-state index in [1.54, 1.807) is 4.90 Å². The van der Waals surface area contributed by atoms with E-state index in [0.717, 1.165) is 25.1 Å². The van der Waals surface area contributed by atoms with Gasteiger partial charge in [0.25, 0.3) is 0 Å². The molecule has 0 spiro atoms. The van der Waals surface area contributed by atoms with Gasteiger partial charge in [-0.25, -0.2) is 0 Å². The van der Waals surface area contributed by atoms with E-state index < -0.39 is 0 Å². The minimum atomic E-state index is 0.836. The summed E-state index contributed by atoms with van der Waals surface area (Å²) in [6.07, 6.45) is 11.3. The number of carbonyl (C=O) groups excluding carboxylic acids is 1. The lowest BCUT2D eigenvalue weighted by molar-refractivity contribution is -0.107. The molecule has 1 aromatic rings. The summed E-state index contributed by atoms with van der Waals surface area (Å²) in [6, 6.07) is 9.89. The number of carbonyl (C=O) groups is 1. The highest BCUT2D eigenvalue weighted by Gasteiger charge is 2.03. The maximum Gasteiger partial charge on any atom is 0.214 e. The molecule has 0 radical (unpaired) electrons. The Morgan fingerprint density at radius 2 is 1.47 bits per heavy atom. The van der Waals surface area contributed by atoms with Crippen LogP contribution >= 0.6 is 0 Å². The Hall–Kier alpha value is -1.31. The number of benzene rings is 1. The van der Waals surface area contributed by atoms with Crippen molar-refractivity contribution >= 4 is 12.1 Å². The summed E-state index contributed by atoms with van der Waals surface area (Å²) < 4.78 is 0. The molecule has 0 aromatic heterocycles. The summed E-state index contributed by atoms with van der Waals surface area (Å²) >= 11 is 0. The molecule has 0 aliphatic carbocycles. The molecule has 0 saturated heterocycles. The monoisotopic (exact) mass is 261 g/mol. The second kappa shape index (κ2) is 10.6. The van der Waals surface area contributed by atoms with E-state index in [1.807, 2.05) is 30.3 Å². The maximum atomic E-state index is 11.1. The number of rotatable bonds is 11. The number of para-hydroxylation sites is 1. The minimum Gasteiger partial charge on any atom is -0.315 e. The van der Waals surface area contributed by atoms with Crippen molar-refractivity contribution in [1.29, 1.82) is 0 Å². The van der Waals surface area contributed by atoms with Gasteiger partial charge >= 0.3 is 0 Å². The second-order valence-corrected chi connectivity index (χ2v) is 5.11. The lowest BCUT2D eigenvalue weighted by atomic mass is 10.1. The fourth-order valence-corrected chi connectivity index (χ4v) is 2.28. The van der Waals surface area contributed by atoms with Gasteiger partial charge in [-0.2, -0.15) is 0 Å². The average molecular weight is 261 g/mol. The fraction of sp³-hybridized carbons (Fsp3) is 0.588. The first-order valence-electron chi connectivity index (χ1n) is 7.65. The number of nitrogens with zero attached hydrogens (tertiary/aromatic N) is 1. The summed E-state index contributed by atoms with van der Waals surface area (Å²) in [5.74, 6) is 0. The van der Waals surface area contributed by atoms with Crippen molar-refractivity contribution in [2.24, 2.45) is 0 Å². The van der Waals surface area contributed by atoms with Crippen molar-refractivity contribution in [3.63, 3.8) is 0 Å². The Labute approximate surface area is 117 Å². The molecular weight excluding hydrogens is 234 g/mol. The van der Waals surface area contributed by atoms with Crippen LogP contribution in [0, 0.1) is 0 Å². The fourth-order valence-electron chi connectivity index (χ4n) is 2.28. The summed E-state index contributed by atoms with van der Waals surface area (Å²) in [5, 5.41) is 0. The highest BCUT2D eigenvalue weighted by Crippen LogP contribution is 2.13. The van der Waals surface area contributed by atoms with Crippen LogP contribution in [0.25, 0.3) is 0 Å². The molecular formula is C17H27NO. The molecule has 0 bridgehead atoms. The number of hydrogen-bond donors (Lipinski definition) is 0. The van der Waals surface area contributed by atoms with E-state index in [4.69, 9.17) is 0 Å². The average Bonchev–Trinajstić information content (AvgIpc) is 2.47. The van der Waals surface area contributed by atoms with Crippen LogP contribution in [0.5, 0.6) is 0 Å². The van der Waals surface area contributed by atoms with Gasteiger partial charge in [0.05, 0.1) is 0 Å². The lowest BCUT2D eigenvalue weighted by Crippen LogP contribution is -2.22. The van der Waals surface area contributed by atoms with E-state index >= 15 is 0 Å². The van der Waals surface area contributed by atoms with E-state index in [0.29, 0.717) is 0 Å². The number of unbranched alkanes of at least 4 members (excludes halogenated alkanes) is 7. The third-order valence-electron chi connectivity index (χ3n) is 3.47. The van der Waals surface area contributed by atoms with Gasteiger partial charge in [-0.3, -0.25) is 4.79 Å². The largest absolute Gasteiger partial charge is 0.315 e. The van der Waals surface area contributed by atoms with Crippen LogP contribution in [0.15, 0.2) is 30.3 Å². The van der Waals surface area contributed by atoms with Crippen molar-refractivity contribution in [2.45, 2.75) is 58.3 Å². The molecule has 2 nitrogen and oxygen atoms in total. The summed E-state index contributed by atoms with van der Waals surface area (Å²) in [5.41, 5.74) is 1.00. The number of anilines is 1. The topological polar surface area (TPSA) is 20.3 Å². The van der Waals surface area contributed by atoms with E-state index in [9.17, 15) is 4.79 Å². The zero-order valence-electron chi connectivity index (χ0n) is 12.2. The number of amides is 1. The van der Waals surface area contributed by atoms with Gasteiger partial charge in [-0.15, -0.1) is 0 Å². The molecule has 0 saturated carbocycles. The van der Waals surface area contributed by atoms with Crippen molar-refractivity contribution < 1.29 is 4.79 Å². The van der Waals surface area contributed by atoms with Crippen LogP contribution in [0.2, 0.25) is 0 Å². The van der Waals surface area contributed by atoms with Crippen LogP contribution in [0.1, 0.15) is 58.3 Å². The van der Waals surface area contributed by atoms with Gasteiger partial charge in [0, 0.05) is 12.2 Å². The Kier molecular flexibility index (Phi) is 8.78. The van der Waals surface area contributed by atoms with Crippen LogP contribution in [-0.2, 0) is 4.79 Å². The normalized spacial score (nSPS) is 10.4. The molecule has 0 N–H and O–H groups in total. The van der Waals surface area contributed by atoms with Gasteiger partial charge in [0.1, 0.15) is 0 Å². The Balaban J connectivity index is 2.09. The van der Waals surface area contributed by atoms with Gasteiger partial charge in [0.15, 0.2) is 0 Å². The van der Waals surface area contributed by atoms with Gasteiger partial charge < -0.3 is 4.90 Å². The smallest absolute Gasteiger partial charge is 0.214 e. The number of hydrogen-bond acceptors (Lipinski definition) is 1. The van der Waals surface area contributed by atoms with Gasteiger partial charge in [0.2, 0.25) is 6.41 Å². The minimum absolute atomic E-state index is 0.836. The molecule has 1 rings (SSSR count). The first-order chi connectivity index (χ1) is 9.38. The van der Waals surface area contributed by atoms with Crippen molar-refractivity contribution in [3.05, 3.63) is 30.3 Å². The molecule has 1 amide bonds. The molecule has 19 heavy (non-hydrogen) atoms. The van der Waals surface area contributed by atoms with E-state index in [2.05, 4.69) is 6.92 Å². The van der Waals surface area contributed by atoms with Crippen LogP contribution < -0.4 is 4.90 Å². The van der Waals surface area contributed by atoms with Crippen molar-refractivity contribution in [1.82, 2.24) is 0 Å². The Bertz CT molecular complexity index is 323. The standard InChI is InChI=1S/C17H27NO/c1-2-3-4-5-6-7-8-12-15-18(16-19)17-13-10-9-11-14-17/h9-11,13-14,16H,2-8,12,15H2,1H3. The third-order valence-corrected chi connectivity index (χ3v) is 3.47. The first kappa shape index (κ1) is 15.7. The predicted molar refractivity (Wildman–Crippen MR) is 82.5 cm³/mol. The lowest BCUT2D eigenvalue weighted by Gasteiger charge is -2.17. The molecule has 0 unspecified atom stereocenters. The molecule has 0 atom stereocenters. The van der Waals surface area contributed by atoms with Gasteiger partial charge in [-0.1, -0.05) is 70.1 Å². The summed E-state index contributed by atoms with van der Waals surface area (Å²) in [6.45, 7) is 3.08. The van der Waals surface area contributed by atoms with E-state index in [-0.39, 0.29) is 0 Å². The summed E-state index contributed by atoms with van der Waals surface area (Å²) in [4.78, 5) is 12.9. The quantitative estimate of drug-likeness (QED) is 0.414. The van der Waals surface area contributed by atoms with Gasteiger partial charge in [-0.05, 0) is 18.6 Å². The highest BCUT2D eigenvalue weighted by atomic mass is 16.1. The maximum absolute atomic E-state index is 11.1. The zero-order valence-corrected chi connectivity index (χ0v) is 12.2. The summed E-state index contributed by atoms with van der Waals surface area (Å²) in [7, 11) is 0. The highest BCUT2D eigenvalue weighted by molar-refractivity contribution is 5.74. The Morgan fingerprint density at radius 3 is 2.05 bits per heavy atom. The Morgan fingerprint density at radius 1 is 0.895 bits per heavy atom. The van der Waals surface area contributed by atoms with Crippen LogP contribution in [0.4, 0.5) is 5.69 Å². The SMILES string of the molecule is CCCCCCCCCCN(C=O)c1ccccc1. The molecule has 0 fully saturated rings. The zero-order chi connectivity index (χ0) is 13.8. The van der Waals surface area contributed by atoms with Crippen molar-refractivity contribution in [3.8, 4) is 0 Å². The second-order valence-electron chi connectivity index (χ2n) is 5.11. The molecule has 106 valence electrons. The molecule has 2 heteroatoms. The van der Waals surface area contributed by atoms with Crippen LogP contribution in [-0.4, -0.2) is 13.0 Å². The third kappa shape index (κ3) is 7.00. The molecule has 1 aromatic carbocycles.